The Labute approximate surface area is 162 Å². The number of nitrogens with one attached hydrogen (secondary N) is 2. The summed E-state index contributed by atoms with van der Waals surface area (Å²) in [4.78, 5) is 24.9. The van der Waals surface area contributed by atoms with Gasteiger partial charge in [-0.05, 0) is 42.0 Å². The number of hydrogen-bond acceptors (Lipinski definition) is 3. The first-order valence-corrected chi connectivity index (χ1v) is 9.24. The van der Waals surface area contributed by atoms with Gasteiger partial charge in [-0.2, -0.15) is 0 Å². The third-order valence-corrected chi connectivity index (χ3v) is 5.02. The standard InChI is InChI=1S/C21H19N3O2S/c22-21(26)24-17-13-11-16(12-14-17)23-20(25)19(15-7-3-1-4-8-15)27-18-9-5-2-6-10-18/h1-14,19H,(H,23,25)(H3,22,24,26). The summed E-state index contributed by atoms with van der Waals surface area (Å²) in [6.45, 7) is 0. The van der Waals surface area contributed by atoms with Crippen LogP contribution in [0.5, 0.6) is 0 Å². The Morgan fingerprint density at radius 2 is 1.26 bits per heavy atom. The Hall–Kier alpha value is -3.25. The van der Waals surface area contributed by atoms with E-state index in [9.17, 15) is 9.59 Å². The van der Waals surface area contributed by atoms with Crippen LogP contribution in [0.4, 0.5) is 16.2 Å². The van der Waals surface area contributed by atoms with Crippen molar-refractivity contribution in [1.29, 1.82) is 0 Å². The Morgan fingerprint density at radius 1 is 0.741 bits per heavy atom. The molecular formula is C21H19N3O2S. The number of carbonyl (C=O) groups is 2. The highest BCUT2D eigenvalue weighted by molar-refractivity contribution is 8.00. The van der Waals surface area contributed by atoms with Crippen LogP contribution in [-0.4, -0.2) is 11.9 Å². The zero-order valence-corrected chi connectivity index (χ0v) is 15.3. The second kappa shape index (κ2) is 8.91. The van der Waals surface area contributed by atoms with Crippen molar-refractivity contribution in [3.05, 3.63) is 90.5 Å². The molecule has 0 heterocycles. The van der Waals surface area contributed by atoms with Gasteiger partial charge in [0.25, 0.3) is 0 Å². The predicted molar refractivity (Wildman–Crippen MR) is 110 cm³/mol. The number of anilines is 2. The quantitative estimate of drug-likeness (QED) is 0.547. The van der Waals surface area contributed by atoms with Gasteiger partial charge in [0.2, 0.25) is 5.91 Å². The SMILES string of the molecule is NC(=O)Nc1ccc(NC(=O)C(Sc2ccccc2)c2ccccc2)cc1. The minimum Gasteiger partial charge on any atom is -0.351 e. The zero-order valence-electron chi connectivity index (χ0n) is 14.5. The number of primary amides is 1. The van der Waals surface area contributed by atoms with E-state index < -0.39 is 11.3 Å². The highest BCUT2D eigenvalue weighted by atomic mass is 32.2. The van der Waals surface area contributed by atoms with Crippen molar-refractivity contribution in [2.45, 2.75) is 10.1 Å². The molecule has 3 amide bonds. The lowest BCUT2D eigenvalue weighted by Gasteiger charge is -2.17. The molecule has 0 fully saturated rings. The van der Waals surface area contributed by atoms with Gasteiger partial charge in [-0.25, -0.2) is 4.79 Å². The van der Waals surface area contributed by atoms with Gasteiger partial charge in [-0.1, -0.05) is 48.5 Å². The molecule has 4 N–H and O–H groups in total. The smallest absolute Gasteiger partial charge is 0.316 e. The highest BCUT2D eigenvalue weighted by Gasteiger charge is 2.22. The molecule has 3 aromatic rings. The Kier molecular flexibility index (Phi) is 6.12. The van der Waals surface area contributed by atoms with E-state index in [-0.39, 0.29) is 5.91 Å². The molecule has 0 spiro atoms. The number of nitrogens with two attached hydrogens (primary N) is 1. The fourth-order valence-corrected chi connectivity index (χ4v) is 3.57. The van der Waals surface area contributed by atoms with Gasteiger partial charge >= 0.3 is 6.03 Å². The maximum atomic E-state index is 13.0. The van der Waals surface area contributed by atoms with Gasteiger partial charge in [0.15, 0.2) is 0 Å². The van der Waals surface area contributed by atoms with Gasteiger partial charge in [0, 0.05) is 16.3 Å². The molecule has 3 rings (SSSR count). The van der Waals surface area contributed by atoms with E-state index in [4.69, 9.17) is 5.73 Å². The van der Waals surface area contributed by atoms with Crippen LogP contribution in [-0.2, 0) is 4.79 Å². The van der Waals surface area contributed by atoms with Crippen molar-refractivity contribution in [3.8, 4) is 0 Å². The summed E-state index contributed by atoms with van der Waals surface area (Å²) in [5, 5.41) is 5.03. The van der Waals surface area contributed by atoms with Crippen molar-refractivity contribution < 1.29 is 9.59 Å². The third kappa shape index (κ3) is 5.36. The molecular weight excluding hydrogens is 358 g/mol. The van der Waals surface area contributed by atoms with Crippen LogP contribution < -0.4 is 16.4 Å². The first-order valence-electron chi connectivity index (χ1n) is 8.36. The zero-order chi connectivity index (χ0) is 19.1. The fraction of sp³-hybridized carbons (Fsp3) is 0.0476. The molecule has 6 heteroatoms. The average molecular weight is 377 g/mol. The molecule has 0 saturated heterocycles. The summed E-state index contributed by atoms with van der Waals surface area (Å²) in [6, 6.07) is 25.7. The second-order valence-corrected chi connectivity index (χ2v) is 6.96. The first-order chi connectivity index (χ1) is 13.1. The van der Waals surface area contributed by atoms with Gasteiger partial charge in [-0.3, -0.25) is 4.79 Å². The van der Waals surface area contributed by atoms with E-state index in [0.29, 0.717) is 11.4 Å². The van der Waals surface area contributed by atoms with E-state index in [1.807, 2.05) is 60.7 Å². The van der Waals surface area contributed by atoms with E-state index >= 15 is 0 Å². The lowest BCUT2D eigenvalue weighted by molar-refractivity contribution is -0.115. The largest absolute Gasteiger partial charge is 0.351 e. The summed E-state index contributed by atoms with van der Waals surface area (Å²) in [5.41, 5.74) is 7.24. The predicted octanol–water partition coefficient (Wildman–Crippen LogP) is 4.65. The summed E-state index contributed by atoms with van der Waals surface area (Å²) in [7, 11) is 0. The molecule has 0 radical (unpaired) electrons. The molecule has 0 bridgehead atoms. The first kappa shape index (κ1) is 18.5. The molecule has 3 aromatic carbocycles. The van der Waals surface area contributed by atoms with Crippen molar-refractivity contribution in [2.24, 2.45) is 5.73 Å². The number of benzene rings is 3. The molecule has 0 aliphatic rings. The lowest BCUT2D eigenvalue weighted by atomic mass is 10.1. The number of rotatable bonds is 6. The normalized spacial score (nSPS) is 11.4. The molecule has 0 aromatic heterocycles. The summed E-state index contributed by atoms with van der Waals surface area (Å²) < 4.78 is 0. The summed E-state index contributed by atoms with van der Waals surface area (Å²) in [5.74, 6) is -0.120. The lowest BCUT2D eigenvalue weighted by Crippen LogP contribution is -2.20. The van der Waals surface area contributed by atoms with Crippen LogP contribution in [0, 0.1) is 0 Å². The minimum atomic E-state index is -0.629. The molecule has 1 atom stereocenters. The fourth-order valence-electron chi connectivity index (χ4n) is 2.52. The topological polar surface area (TPSA) is 84.2 Å². The van der Waals surface area contributed by atoms with Crippen LogP contribution in [0.25, 0.3) is 0 Å². The van der Waals surface area contributed by atoms with E-state index in [2.05, 4.69) is 10.6 Å². The highest BCUT2D eigenvalue weighted by Crippen LogP contribution is 2.36. The van der Waals surface area contributed by atoms with E-state index in [1.165, 1.54) is 11.8 Å². The van der Waals surface area contributed by atoms with Crippen LogP contribution >= 0.6 is 11.8 Å². The van der Waals surface area contributed by atoms with Gasteiger partial charge < -0.3 is 16.4 Å². The number of thioether (sulfide) groups is 1. The Morgan fingerprint density at radius 3 is 1.81 bits per heavy atom. The van der Waals surface area contributed by atoms with Crippen LogP contribution in [0.15, 0.2) is 89.8 Å². The van der Waals surface area contributed by atoms with Gasteiger partial charge in [-0.15, -0.1) is 11.8 Å². The third-order valence-electron chi connectivity index (χ3n) is 3.76. The van der Waals surface area contributed by atoms with E-state index in [1.54, 1.807) is 24.3 Å². The molecule has 0 aliphatic heterocycles. The number of amides is 3. The molecule has 136 valence electrons. The number of carbonyl (C=O) groups excluding carboxylic acids is 2. The molecule has 27 heavy (non-hydrogen) atoms. The van der Waals surface area contributed by atoms with Crippen molar-refractivity contribution >= 4 is 35.1 Å². The molecule has 5 nitrogen and oxygen atoms in total. The van der Waals surface area contributed by atoms with Crippen molar-refractivity contribution in [3.63, 3.8) is 0 Å². The van der Waals surface area contributed by atoms with Gasteiger partial charge in [0.1, 0.15) is 5.25 Å². The number of hydrogen-bond donors (Lipinski definition) is 3. The van der Waals surface area contributed by atoms with E-state index in [0.717, 1.165) is 10.5 Å². The summed E-state index contributed by atoms with van der Waals surface area (Å²) in [6.07, 6.45) is 0. The van der Waals surface area contributed by atoms with Gasteiger partial charge in [0.05, 0.1) is 0 Å². The van der Waals surface area contributed by atoms with Crippen LogP contribution in [0.3, 0.4) is 0 Å². The Bertz CT molecular complexity index is 900. The van der Waals surface area contributed by atoms with Crippen molar-refractivity contribution in [1.82, 2.24) is 0 Å². The Balaban J connectivity index is 1.77. The second-order valence-electron chi connectivity index (χ2n) is 5.78. The minimum absolute atomic E-state index is 0.120. The molecule has 0 aliphatic carbocycles. The van der Waals surface area contributed by atoms with Crippen LogP contribution in [0.2, 0.25) is 0 Å². The maximum absolute atomic E-state index is 13.0. The number of urea groups is 1. The maximum Gasteiger partial charge on any atom is 0.316 e. The van der Waals surface area contributed by atoms with Crippen LogP contribution in [0.1, 0.15) is 10.8 Å². The molecule has 0 saturated carbocycles. The monoisotopic (exact) mass is 377 g/mol. The summed E-state index contributed by atoms with van der Waals surface area (Å²) >= 11 is 1.50. The molecule has 1 unspecified atom stereocenters. The van der Waals surface area contributed by atoms with Crippen molar-refractivity contribution in [2.75, 3.05) is 10.6 Å². The average Bonchev–Trinajstić information content (AvgIpc) is 2.68.